The van der Waals surface area contributed by atoms with E-state index in [2.05, 4.69) is 10.6 Å². The second-order valence-corrected chi connectivity index (χ2v) is 6.75. The van der Waals surface area contributed by atoms with Crippen LogP contribution in [0.3, 0.4) is 0 Å². The highest BCUT2D eigenvalue weighted by molar-refractivity contribution is 6.31. The first-order valence-electron chi connectivity index (χ1n) is 7.99. The molecule has 23 heavy (non-hydrogen) atoms. The summed E-state index contributed by atoms with van der Waals surface area (Å²) < 4.78 is 5.49. The van der Waals surface area contributed by atoms with Gasteiger partial charge in [0, 0.05) is 23.9 Å². The average molecular weight is 337 g/mol. The molecule has 1 aliphatic carbocycles. The van der Waals surface area contributed by atoms with Gasteiger partial charge in [-0.15, -0.1) is 0 Å². The van der Waals surface area contributed by atoms with Crippen LogP contribution in [-0.4, -0.2) is 31.1 Å². The van der Waals surface area contributed by atoms with Gasteiger partial charge in [-0.1, -0.05) is 17.7 Å². The molecule has 2 aliphatic rings. The molecule has 1 aliphatic heterocycles. The zero-order chi connectivity index (χ0) is 16.4. The fourth-order valence-electron chi connectivity index (χ4n) is 2.78. The number of amides is 2. The normalized spacial score (nSPS) is 21.7. The molecule has 1 saturated carbocycles. The molecule has 0 spiro atoms. The summed E-state index contributed by atoms with van der Waals surface area (Å²) in [5.41, 5.74) is 0.625. The molecule has 1 aromatic carbocycles. The molecular weight excluding hydrogens is 316 g/mol. The second kappa shape index (κ2) is 6.49. The lowest BCUT2D eigenvalue weighted by Crippen LogP contribution is -2.42. The number of carbonyl (C=O) groups is 2. The monoisotopic (exact) mass is 336 g/mol. The average Bonchev–Trinajstić information content (AvgIpc) is 3.18. The van der Waals surface area contributed by atoms with Crippen molar-refractivity contribution in [3.63, 3.8) is 0 Å². The Morgan fingerprint density at radius 1 is 1.35 bits per heavy atom. The zero-order valence-electron chi connectivity index (χ0n) is 13.2. The Morgan fingerprint density at radius 3 is 2.74 bits per heavy atom. The minimum absolute atomic E-state index is 0.0775. The molecule has 2 N–H and O–H groups in total. The van der Waals surface area contributed by atoms with Gasteiger partial charge < -0.3 is 15.4 Å². The Kier molecular flexibility index (Phi) is 4.60. The SMILES string of the molecule is Cc1ccc(NC(=O)C2(C(=O)NCC3CCCO3)CC2)cc1Cl. The maximum Gasteiger partial charge on any atom is 0.240 e. The first kappa shape index (κ1) is 16.3. The smallest absolute Gasteiger partial charge is 0.240 e. The number of carbonyl (C=O) groups excluding carboxylic acids is 2. The molecule has 5 nitrogen and oxygen atoms in total. The molecule has 1 saturated heterocycles. The lowest BCUT2D eigenvalue weighted by molar-refractivity contribution is -0.134. The minimum Gasteiger partial charge on any atom is -0.376 e. The molecule has 6 heteroatoms. The molecule has 124 valence electrons. The number of anilines is 1. The predicted molar refractivity (Wildman–Crippen MR) is 88.5 cm³/mol. The van der Waals surface area contributed by atoms with Gasteiger partial charge in [0.05, 0.1) is 6.10 Å². The van der Waals surface area contributed by atoms with E-state index in [1.807, 2.05) is 13.0 Å². The van der Waals surface area contributed by atoms with E-state index >= 15 is 0 Å². The molecule has 0 aromatic heterocycles. The van der Waals surface area contributed by atoms with E-state index in [-0.39, 0.29) is 17.9 Å². The van der Waals surface area contributed by atoms with Crippen LogP contribution in [0.2, 0.25) is 5.02 Å². The number of nitrogens with one attached hydrogen (secondary N) is 2. The topological polar surface area (TPSA) is 67.4 Å². The van der Waals surface area contributed by atoms with Crippen molar-refractivity contribution in [1.29, 1.82) is 0 Å². The fraction of sp³-hybridized carbons (Fsp3) is 0.529. The van der Waals surface area contributed by atoms with Crippen molar-refractivity contribution in [1.82, 2.24) is 5.32 Å². The highest BCUT2D eigenvalue weighted by Gasteiger charge is 2.56. The number of hydrogen-bond donors (Lipinski definition) is 2. The number of ether oxygens (including phenoxy) is 1. The van der Waals surface area contributed by atoms with Gasteiger partial charge in [0.15, 0.2) is 0 Å². The summed E-state index contributed by atoms with van der Waals surface area (Å²) >= 11 is 6.07. The third-order valence-corrected chi connectivity index (χ3v) is 4.97. The van der Waals surface area contributed by atoms with Crippen molar-refractivity contribution in [2.24, 2.45) is 5.41 Å². The largest absolute Gasteiger partial charge is 0.376 e. The molecule has 1 aromatic rings. The van der Waals surface area contributed by atoms with Crippen LogP contribution >= 0.6 is 11.6 Å². The highest BCUT2D eigenvalue weighted by atomic mass is 35.5. The summed E-state index contributed by atoms with van der Waals surface area (Å²) in [5.74, 6) is -0.467. The molecule has 2 amide bonds. The summed E-state index contributed by atoms with van der Waals surface area (Å²) in [4.78, 5) is 24.9. The molecule has 1 atom stereocenters. The first-order chi connectivity index (χ1) is 11.0. The van der Waals surface area contributed by atoms with Crippen molar-refractivity contribution in [3.05, 3.63) is 28.8 Å². The predicted octanol–water partition coefficient (Wildman–Crippen LogP) is 2.66. The van der Waals surface area contributed by atoms with Gasteiger partial charge in [0.1, 0.15) is 5.41 Å². The van der Waals surface area contributed by atoms with E-state index in [4.69, 9.17) is 16.3 Å². The Bertz CT molecular complexity index is 622. The third-order valence-electron chi connectivity index (χ3n) is 4.56. The van der Waals surface area contributed by atoms with Gasteiger partial charge in [0.25, 0.3) is 0 Å². The van der Waals surface area contributed by atoms with Crippen molar-refractivity contribution in [3.8, 4) is 0 Å². The summed E-state index contributed by atoms with van der Waals surface area (Å²) in [6.45, 7) is 3.12. The van der Waals surface area contributed by atoms with Gasteiger partial charge in [-0.2, -0.15) is 0 Å². The van der Waals surface area contributed by atoms with Gasteiger partial charge >= 0.3 is 0 Å². The van der Waals surface area contributed by atoms with Crippen LogP contribution in [0.15, 0.2) is 18.2 Å². The lowest BCUT2D eigenvalue weighted by Gasteiger charge is -2.17. The van der Waals surface area contributed by atoms with Crippen molar-refractivity contribution in [2.45, 2.75) is 38.7 Å². The number of halogens is 1. The number of benzene rings is 1. The quantitative estimate of drug-likeness (QED) is 0.812. The maximum absolute atomic E-state index is 12.5. The van der Waals surface area contributed by atoms with Crippen molar-refractivity contribution < 1.29 is 14.3 Å². The summed E-state index contributed by atoms with van der Waals surface area (Å²) in [5, 5.41) is 6.26. The molecule has 0 bridgehead atoms. The molecule has 3 rings (SSSR count). The number of rotatable bonds is 5. The maximum atomic E-state index is 12.5. The van der Waals surface area contributed by atoms with E-state index in [9.17, 15) is 9.59 Å². The molecule has 0 radical (unpaired) electrons. The zero-order valence-corrected chi connectivity index (χ0v) is 13.9. The Labute approximate surface area is 140 Å². The van der Waals surface area contributed by atoms with E-state index in [1.54, 1.807) is 12.1 Å². The molecule has 2 fully saturated rings. The number of aryl methyl sites for hydroxylation is 1. The lowest BCUT2D eigenvalue weighted by atomic mass is 10.0. The second-order valence-electron chi connectivity index (χ2n) is 6.35. The van der Waals surface area contributed by atoms with Crippen LogP contribution in [0.25, 0.3) is 0 Å². The van der Waals surface area contributed by atoms with Crippen LogP contribution in [0, 0.1) is 12.3 Å². The Balaban J connectivity index is 1.58. The van der Waals surface area contributed by atoms with E-state index < -0.39 is 5.41 Å². The van der Waals surface area contributed by atoms with Crippen LogP contribution in [0.4, 0.5) is 5.69 Å². The van der Waals surface area contributed by atoms with Gasteiger partial charge in [-0.25, -0.2) is 0 Å². The molecule has 1 unspecified atom stereocenters. The van der Waals surface area contributed by atoms with E-state index in [1.165, 1.54) is 0 Å². The van der Waals surface area contributed by atoms with Crippen LogP contribution < -0.4 is 10.6 Å². The van der Waals surface area contributed by atoms with Crippen LogP contribution in [0.1, 0.15) is 31.2 Å². The van der Waals surface area contributed by atoms with E-state index in [0.717, 1.165) is 25.0 Å². The molecular formula is C17H21ClN2O3. The molecule has 1 heterocycles. The fourth-order valence-corrected chi connectivity index (χ4v) is 2.97. The standard InChI is InChI=1S/C17H21ClN2O3/c1-11-4-5-12(9-14(11)18)20-16(22)17(6-7-17)15(21)19-10-13-3-2-8-23-13/h4-5,9,13H,2-3,6-8,10H2,1H3,(H,19,21)(H,20,22). The minimum atomic E-state index is -0.935. The van der Waals surface area contributed by atoms with E-state index in [0.29, 0.717) is 30.1 Å². The first-order valence-corrected chi connectivity index (χ1v) is 8.36. The van der Waals surface area contributed by atoms with Crippen LogP contribution in [0.5, 0.6) is 0 Å². The van der Waals surface area contributed by atoms with Crippen LogP contribution in [-0.2, 0) is 14.3 Å². The Morgan fingerprint density at radius 2 is 2.13 bits per heavy atom. The van der Waals surface area contributed by atoms with Crippen molar-refractivity contribution >= 4 is 29.1 Å². The van der Waals surface area contributed by atoms with Gasteiger partial charge in [-0.05, 0) is 50.3 Å². The Hall–Kier alpha value is -1.59. The van der Waals surface area contributed by atoms with Gasteiger partial charge in [-0.3, -0.25) is 9.59 Å². The number of hydrogen-bond acceptors (Lipinski definition) is 3. The summed E-state index contributed by atoms with van der Waals surface area (Å²) in [6.07, 6.45) is 3.22. The summed E-state index contributed by atoms with van der Waals surface area (Å²) in [6, 6.07) is 5.34. The van der Waals surface area contributed by atoms with Crippen molar-refractivity contribution in [2.75, 3.05) is 18.5 Å². The summed E-state index contributed by atoms with van der Waals surface area (Å²) in [7, 11) is 0. The third kappa shape index (κ3) is 3.51. The highest BCUT2D eigenvalue weighted by Crippen LogP contribution is 2.47. The van der Waals surface area contributed by atoms with Gasteiger partial charge in [0.2, 0.25) is 11.8 Å².